The molecule has 9 nitrogen and oxygen atoms in total. The summed E-state index contributed by atoms with van der Waals surface area (Å²) in [5, 5.41) is 3.66. The van der Waals surface area contributed by atoms with Gasteiger partial charge in [-0.05, 0) is 35.9 Å². The van der Waals surface area contributed by atoms with Gasteiger partial charge in [0.15, 0.2) is 16.4 Å². The molecule has 2 amide bonds. The molecule has 0 aliphatic carbocycles. The monoisotopic (exact) mass is 533 g/mol. The van der Waals surface area contributed by atoms with E-state index in [0.29, 0.717) is 16.3 Å². The Hall–Kier alpha value is -3.32. The van der Waals surface area contributed by atoms with E-state index in [9.17, 15) is 36.0 Å². The number of nitrogens with zero attached hydrogens (tertiary/aromatic N) is 1. The van der Waals surface area contributed by atoms with E-state index in [4.69, 9.17) is 11.6 Å². The number of carbonyl (C=O) groups excluding carboxylic acids is 2. The maximum atomic E-state index is 12.5. The third kappa shape index (κ3) is 7.09. The van der Waals surface area contributed by atoms with E-state index < -0.39 is 40.2 Å². The number of hydrogen-bond donors (Lipinski definition) is 2. The van der Waals surface area contributed by atoms with Crippen LogP contribution in [0.5, 0.6) is 0 Å². The van der Waals surface area contributed by atoms with Crippen LogP contribution in [0.25, 0.3) is 0 Å². The van der Waals surface area contributed by atoms with Crippen molar-refractivity contribution in [2.45, 2.75) is 24.0 Å². The van der Waals surface area contributed by atoms with Gasteiger partial charge >= 0.3 is 12.3 Å². The number of nitrogens with one attached hydrogen (secondary N) is 2. The molecule has 0 saturated heterocycles. The number of ether oxygens (including phenoxy) is 1. The first-order valence-corrected chi connectivity index (χ1v) is 12.0. The van der Waals surface area contributed by atoms with Gasteiger partial charge in [0.25, 0.3) is 11.5 Å². The molecule has 35 heavy (non-hydrogen) atoms. The molecule has 188 valence electrons. The Morgan fingerprint density at radius 2 is 1.91 bits per heavy atom. The predicted octanol–water partition coefficient (Wildman–Crippen LogP) is 2.80. The van der Waals surface area contributed by atoms with Crippen LogP contribution in [-0.2, 0) is 27.5 Å². The van der Waals surface area contributed by atoms with Gasteiger partial charge in [-0.15, -0.1) is 0 Å². The largest absolute Gasteiger partial charge is 0.440 e. The SMILES string of the molecule is O=C(NC/C=C/S(=O)(=O)c1ccc(Cl)cc1)c1cc2c([nH]c1=O)CCN(C(=O)OCC(F)(F)F)C2. The zero-order chi connectivity index (χ0) is 25.8. The topological polar surface area (TPSA) is 126 Å². The minimum Gasteiger partial charge on any atom is -0.440 e. The molecule has 0 unspecified atom stereocenters. The second kappa shape index (κ2) is 10.5. The van der Waals surface area contributed by atoms with Crippen molar-refractivity contribution >= 4 is 33.4 Å². The molecule has 0 spiro atoms. The number of amides is 2. The molecule has 1 aliphatic heterocycles. The first-order valence-electron chi connectivity index (χ1n) is 10.0. The summed E-state index contributed by atoms with van der Waals surface area (Å²) in [6, 6.07) is 6.74. The summed E-state index contributed by atoms with van der Waals surface area (Å²) in [7, 11) is -3.77. The highest BCUT2D eigenvalue weighted by Crippen LogP contribution is 2.20. The van der Waals surface area contributed by atoms with Crippen molar-refractivity contribution in [1.82, 2.24) is 15.2 Å². The molecular formula is C21H19ClF3N3O6S. The van der Waals surface area contributed by atoms with Crippen LogP contribution in [0.15, 0.2) is 51.5 Å². The van der Waals surface area contributed by atoms with E-state index in [1.54, 1.807) is 0 Å². The number of sulfone groups is 1. The lowest BCUT2D eigenvalue weighted by Gasteiger charge is -2.28. The molecule has 14 heteroatoms. The van der Waals surface area contributed by atoms with Gasteiger partial charge in [-0.2, -0.15) is 13.2 Å². The predicted molar refractivity (Wildman–Crippen MR) is 119 cm³/mol. The number of alkyl halides is 3. The maximum Gasteiger partial charge on any atom is 0.422 e. The van der Waals surface area contributed by atoms with Crippen LogP contribution < -0.4 is 10.9 Å². The van der Waals surface area contributed by atoms with Crippen LogP contribution >= 0.6 is 11.6 Å². The van der Waals surface area contributed by atoms with Gasteiger partial charge in [-0.25, -0.2) is 13.2 Å². The van der Waals surface area contributed by atoms with Crippen molar-refractivity contribution in [2.75, 3.05) is 19.7 Å². The molecule has 2 aromatic rings. The number of aromatic nitrogens is 1. The van der Waals surface area contributed by atoms with Gasteiger partial charge in [0.05, 0.1) is 11.4 Å². The molecule has 3 rings (SSSR count). The zero-order valence-corrected chi connectivity index (χ0v) is 19.5. The number of benzene rings is 1. The third-order valence-electron chi connectivity index (χ3n) is 4.87. The van der Waals surface area contributed by atoms with Gasteiger partial charge in [-0.1, -0.05) is 17.7 Å². The lowest BCUT2D eigenvalue weighted by Crippen LogP contribution is -2.39. The van der Waals surface area contributed by atoms with Crippen LogP contribution in [0.1, 0.15) is 21.6 Å². The van der Waals surface area contributed by atoms with E-state index in [-0.39, 0.29) is 36.5 Å². The summed E-state index contributed by atoms with van der Waals surface area (Å²) in [6.45, 7) is -2.08. The summed E-state index contributed by atoms with van der Waals surface area (Å²) < 4.78 is 65.6. The Balaban J connectivity index is 1.64. The van der Waals surface area contributed by atoms with E-state index in [0.717, 1.165) is 10.3 Å². The van der Waals surface area contributed by atoms with Crippen molar-refractivity contribution in [1.29, 1.82) is 0 Å². The van der Waals surface area contributed by atoms with Crippen molar-refractivity contribution in [3.63, 3.8) is 0 Å². The number of carbonyl (C=O) groups is 2. The number of hydrogen-bond acceptors (Lipinski definition) is 6. The summed E-state index contributed by atoms with van der Waals surface area (Å²) in [6.07, 6.45) is -4.49. The van der Waals surface area contributed by atoms with Crippen LogP contribution in [0.3, 0.4) is 0 Å². The first-order chi connectivity index (χ1) is 16.4. The quantitative estimate of drug-likeness (QED) is 0.588. The van der Waals surface area contributed by atoms with Crippen molar-refractivity contribution < 1.29 is 35.9 Å². The van der Waals surface area contributed by atoms with Crippen LogP contribution in [0, 0.1) is 0 Å². The third-order valence-corrected chi connectivity index (χ3v) is 6.60. The number of rotatable bonds is 6. The number of pyridine rings is 1. The van der Waals surface area contributed by atoms with E-state index in [2.05, 4.69) is 15.0 Å². The highest BCUT2D eigenvalue weighted by atomic mass is 35.5. The highest BCUT2D eigenvalue weighted by Gasteiger charge is 2.32. The Labute approximate surface area is 202 Å². The molecule has 0 saturated carbocycles. The smallest absolute Gasteiger partial charge is 0.422 e. The molecule has 0 atom stereocenters. The van der Waals surface area contributed by atoms with Crippen molar-refractivity contribution in [2.24, 2.45) is 0 Å². The Kier molecular flexibility index (Phi) is 7.90. The Morgan fingerprint density at radius 1 is 1.23 bits per heavy atom. The van der Waals surface area contributed by atoms with Gasteiger partial charge in [-0.3, -0.25) is 9.59 Å². The average Bonchev–Trinajstić information content (AvgIpc) is 2.79. The summed E-state index contributed by atoms with van der Waals surface area (Å²) in [5.41, 5.74) is -0.193. The second-order valence-electron chi connectivity index (χ2n) is 7.44. The van der Waals surface area contributed by atoms with E-state index in [1.807, 2.05) is 0 Å². The normalized spacial score (nSPS) is 14.0. The molecule has 2 N–H and O–H groups in total. The zero-order valence-electron chi connectivity index (χ0n) is 17.9. The Morgan fingerprint density at radius 3 is 2.57 bits per heavy atom. The van der Waals surface area contributed by atoms with Gasteiger partial charge in [0, 0.05) is 35.6 Å². The minimum absolute atomic E-state index is 0.00826. The lowest BCUT2D eigenvalue weighted by molar-refractivity contribution is -0.162. The molecule has 1 aliphatic rings. The van der Waals surface area contributed by atoms with Crippen LogP contribution in [0.2, 0.25) is 5.02 Å². The standard InChI is InChI=1S/C21H19ClF3N3O6S/c22-14-2-4-15(5-3-14)35(32,33)9-1-7-26-18(29)16-10-13-11-28(8-6-17(13)27-19(16)30)20(31)34-12-21(23,24)25/h1-5,9-10H,6-8,11-12H2,(H,26,29)(H,27,30)/b9-1+. The molecule has 2 heterocycles. The minimum atomic E-state index is -4.66. The fourth-order valence-corrected chi connectivity index (χ4v) is 4.34. The molecule has 1 aromatic carbocycles. The molecular weight excluding hydrogens is 515 g/mol. The van der Waals surface area contributed by atoms with Gasteiger partial charge < -0.3 is 19.9 Å². The first kappa shape index (κ1) is 26.3. The molecule has 0 radical (unpaired) electrons. The molecule has 0 bridgehead atoms. The molecule has 1 aromatic heterocycles. The van der Waals surface area contributed by atoms with Crippen LogP contribution in [0.4, 0.5) is 18.0 Å². The number of halogens is 4. The maximum absolute atomic E-state index is 12.5. The van der Waals surface area contributed by atoms with E-state index in [1.165, 1.54) is 36.4 Å². The fourth-order valence-electron chi connectivity index (χ4n) is 3.19. The number of aromatic amines is 1. The number of fused-ring (bicyclic) bond motifs is 1. The summed E-state index contributed by atoms with van der Waals surface area (Å²) >= 11 is 5.74. The fraction of sp³-hybridized carbons (Fsp3) is 0.286. The van der Waals surface area contributed by atoms with Crippen molar-refractivity contribution in [3.8, 4) is 0 Å². The average molecular weight is 534 g/mol. The van der Waals surface area contributed by atoms with Crippen molar-refractivity contribution in [3.05, 3.63) is 74.0 Å². The van der Waals surface area contributed by atoms with E-state index >= 15 is 0 Å². The highest BCUT2D eigenvalue weighted by molar-refractivity contribution is 7.94. The number of H-pyrrole nitrogens is 1. The van der Waals surface area contributed by atoms with Gasteiger partial charge in [0.1, 0.15) is 5.56 Å². The summed E-state index contributed by atoms with van der Waals surface area (Å²) in [5.74, 6) is -0.806. The summed E-state index contributed by atoms with van der Waals surface area (Å²) in [4.78, 5) is 40.2. The lowest BCUT2D eigenvalue weighted by atomic mass is 10.0. The Bertz CT molecular complexity index is 1310. The van der Waals surface area contributed by atoms with Gasteiger partial charge in [0.2, 0.25) is 0 Å². The molecule has 0 fully saturated rings. The second-order valence-corrected chi connectivity index (χ2v) is 9.71. The van der Waals surface area contributed by atoms with Crippen LogP contribution in [-0.4, -0.2) is 56.2 Å².